The Labute approximate surface area is 164 Å². The molecule has 4 unspecified atom stereocenters. The third-order valence-corrected chi connectivity index (χ3v) is 10.2. The first-order chi connectivity index (χ1) is 12.7. The minimum Gasteiger partial charge on any atom is -0.0617 e. The van der Waals surface area contributed by atoms with Gasteiger partial charge in [0.2, 0.25) is 0 Å². The van der Waals surface area contributed by atoms with E-state index in [1.54, 1.807) is 57.8 Å². The van der Waals surface area contributed by atoms with Crippen molar-refractivity contribution in [3.05, 3.63) is 0 Å². The zero-order valence-electron chi connectivity index (χ0n) is 18.0. The molecule has 0 spiro atoms. The molecule has 4 saturated carbocycles. The monoisotopic (exact) mass is 358 g/mol. The second-order valence-corrected chi connectivity index (χ2v) is 11.0. The van der Waals surface area contributed by atoms with Crippen LogP contribution in [0.15, 0.2) is 0 Å². The molecule has 0 aromatic rings. The average molecular weight is 359 g/mol. The molecule has 26 heavy (non-hydrogen) atoms. The summed E-state index contributed by atoms with van der Waals surface area (Å²) in [7, 11) is 0. The second-order valence-electron chi connectivity index (χ2n) is 11.0. The van der Waals surface area contributed by atoms with Crippen molar-refractivity contribution in [2.75, 3.05) is 0 Å². The molecule has 0 radical (unpaired) electrons. The van der Waals surface area contributed by atoms with Crippen LogP contribution in [0.5, 0.6) is 0 Å². The molecule has 0 aliphatic heterocycles. The molecule has 0 amide bonds. The van der Waals surface area contributed by atoms with Crippen molar-refractivity contribution in [1.29, 1.82) is 0 Å². The van der Waals surface area contributed by atoms with E-state index in [0.29, 0.717) is 5.41 Å². The van der Waals surface area contributed by atoms with E-state index in [4.69, 9.17) is 0 Å². The van der Waals surface area contributed by atoms with Gasteiger partial charge < -0.3 is 0 Å². The van der Waals surface area contributed by atoms with Crippen LogP contribution in [-0.2, 0) is 0 Å². The number of fused-ring (bicyclic) bond motifs is 1. The van der Waals surface area contributed by atoms with E-state index in [0.717, 1.165) is 35.5 Å². The van der Waals surface area contributed by atoms with Crippen LogP contribution in [0, 0.1) is 40.9 Å². The van der Waals surface area contributed by atoms with Crippen molar-refractivity contribution in [2.24, 2.45) is 40.9 Å². The van der Waals surface area contributed by atoms with Crippen LogP contribution >= 0.6 is 0 Å². The van der Waals surface area contributed by atoms with Crippen LogP contribution < -0.4 is 0 Å². The minimum absolute atomic E-state index is 0.702. The summed E-state index contributed by atoms with van der Waals surface area (Å²) in [4.78, 5) is 0. The highest BCUT2D eigenvalue weighted by Gasteiger charge is 2.54. The summed E-state index contributed by atoms with van der Waals surface area (Å²) >= 11 is 0. The van der Waals surface area contributed by atoms with Gasteiger partial charge in [0.25, 0.3) is 0 Å². The summed E-state index contributed by atoms with van der Waals surface area (Å²) in [6.45, 7) is 5.51. The van der Waals surface area contributed by atoms with Crippen LogP contribution in [0.2, 0.25) is 0 Å². The van der Waals surface area contributed by atoms with Crippen LogP contribution in [0.3, 0.4) is 0 Å². The molecule has 4 atom stereocenters. The number of rotatable bonds is 4. The summed E-state index contributed by atoms with van der Waals surface area (Å²) in [6, 6.07) is 0. The van der Waals surface area contributed by atoms with Gasteiger partial charge in [0.15, 0.2) is 0 Å². The Kier molecular flexibility index (Phi) is 6.37. The molecular weight excluding hydrogens is 312 g/mol. The Balaban J connectivity index is 1.64. The molecule has 4 rings (SSSR count). The molecule has 4 fully saturated rings. The Morgan fingerprint density at radius 1 is 0.538 bits per heavy atom. The van der Waals surface area contributed by atoms with E-state index in [1.165, 1.54) is 51.4 Å². The zero-order valence-corrected chi connectivity index (χ0v) is 18.0. The maximum Gasteiger partial charge on any atom is -0.0210 e. The first kappa shape index (κ1) is 19.3. The summed E-state index contributed by atoms with van der Waals surface area (Å²) in [5.41, 5.74) is 0.702. The van der Waals surface area contributed by atoms with Crippen molar-refractivity contribution >= 4 is 0 Å². The van der Waals surface area contributed by atoms with Gasteiger partial charge in [0.05, 0.1) is 0 Å². The minimum atomic E-state index is 0.702. The fraction of sp³-hybridized carbons (Fsp3) is 1.00. The van der Waals surface area contributed by atoms with Gasteiger partial charge in [-0.3, -0.25) is 0 Å². The molecule has 150 valence electrons. The van der Waals surface area contributed by atoms with E-state index >= 15 is 0 Å². The largest absolute Gasteiger partial charge is 0.0617 e. The third-order valence-electron chi connectivity index (χ3n) is 10.2. The number of hydrogen-bond acceptors (Lipinski definition) is 0. The number of hydrogen-bond donors (Lipinski definition) is 0. The Bertz CT molecular complexity index is 399. The van der Waals surface area contributed by atoms with Gasteiger partial charge >= 0.3 is 0 Å². The molecule has 0 aromatic carbocycles. The van der Waals surface area contributed by atoms with Crippen molar-refractivity contribution in [3.63, 3.8) is 0 Å². The average Bonchev–Trinajstić information content (AvgIpc) is 2.73. The molecule has 4 aliphatic rings. The summed E-state index contributed by atoms with van der Waals surface area (Å²) in [5, 5.41) is 0. The second kappa shape index (κ2) is 8.57. The lowest BCUT2D eigenvalue weighted by atomic mass is 9.45. The SMILES string of the molecule is CC(C1CCCCC1)C1(C(C)C2CCCCC2)CCCC2CCCCC21. The van der Waals surface area contributed by atoms with Gasteiger partial charge in [-0.15, -0.1) is 0 Å². The smallest absolute Gasteiger partial charge is 0.0210 e. The van der Waals surface area contributed by atoms with Gasteiger partial charge in [0.1, 0.15) is 0 Å². The lowest BCUT2D eigenvalue weighted by molar-refractivity contribution is -0.112. The molecule has 0 saturated heterocycles. The first-order valence-corrected chi connectivity index (χ1v) is 12.7. The van der Waals surface area contributed by atoms with Crippen LogP contribution in [0.25, 0.3) is 0 Å². The Morgan fingerprint density at radius 2 is 1.00 bits per heavy atom. The van der Waals surface area contributed by atoms with Crippen LogP contribution in [0.4, 0.5) is 0 Å². The molecule has 0 bridgehead atoms. The van der Waals surface area contributed by atoms with E-state index in [2.05, 4.69) is 13.8 Å². The van der Waals surface area contributed by atoms with Crippen LogP contribution in [0.1, 0.15) is 123 Å². The molecule has 0 nitrogen and oxygen atoms in total. The molecule has 0 heteroatoms. The van der Waals surface area contributed by atoms with E-state index in [9.17, 15) is 0 Å². The van der Waals surface area contributed by atoms with E-state index in [-0.39, 0.29) is 0 Å². The van der Waals surface area contributed by atoms with E-state index in [1.807, 2.05) is 0 Å². The van der Waals surface area contributed by atoms with Crippen molar-refractivity contribution in [2.45, 2.75) is 123 Å². The highest BCUT2D eigenvalue weighted by Crippen LogP contribution is 2.62. The summed E-state index contributed by atoms with van der Waals surface area (Å²) in [6.07, 6.45) is 26.3. The highest BCUT2D eigenvalue weighted by molar-refractivity contribution is 5.03. The third kappa shape index (κ3) is 3.53. The van der Waals surface area contributed by atoms with Gasteiger partial charge in [-0.05, 0) is 53.8 Å². The fourth-order valence-corrected chi connectivity index (χ4v) is 8.81. The van der Waals surface area contributed by atoms with Crippen molar-refractivity contribution in [1.82, 2.24) is 0 Å². The summed E-state index contributed by atoms with van der Waals surface area (Å²) < 4.78 is 0. The molecular formula is C26H46. The van der Waals surface area contributed by atoms with Crippen molar-refractivity contribution < 1.29 is 0 Å². The standard InChI is InChI=1S/C26H46/c1-20(22-12-5-3-6-13-22)26(21(2)23-14-7-4-8-15-23)19-11-17-24-16-9-10-18-25(24)26/h20-25H,3-19H2,1-2H3. The predicted molar refractivity (Wildman–Crippen MR) is 113 cm³/mol. The van der Waals surface area contributed by atoms with Crippen LogP contribution in [-0.4, -0.2) is 0 Å². The maximum absolute atomic E-state index is 2.76. The van der Waals surface area contributed by atoms with Crippen molar-refractivity contribution in [3.8, 4) is 0 Å². The van der Waals surface area contributed by atoms with Gasteiger partial charge in [-0.2, -0.15) is 0 Å². The zero-order chi connectivity index (χ0) is 18.0. The Hall–Kier alpha value is 0. The Morgan fingerprint density at radius 3 is 1.58 bits per heavy atom. The molecule has 0 aromatic heterocycles. The quantitative estimate of drug-likeness (QED) is 0.473. The normalized spacial score (nSPS) is 39.9. The highest BCUT2D eigenvalue weighted by atomic mass is 14.6. The van der Waals surface area contributed by atoms with Gasteiger partial charge in [-0.25, -0.2) is 0 Å². The van der Waals surface area contributed by atoms with Gasteiger partial charge in [-0.1, -0.05) is 110 Å². The van der Waals surface area contributed by atoms with E-state index < -0.39 is 0 Å². The maximum atomic E-state index is 2.76. The first-order valence-electron chi connectivity index (χ1n) is 12.7. The predicted octanol–water partition coefficient (Wildman–Crippen LogP) is 8.40. The molecule has 0 N–H and O–H groups in total. The topological polar surface area (TPSA) is 0 Å². The lowest BCUT2D eigenvalue weighted by Gasteiger charge is -2.60. The summed E-state index contributed by atoms with van der Waals surface area (Å²) in [5.74, 6) is 6.26. The molecule has 0 heterocycles. The van der Waals surface area contributed by atoms with Gasteiger partial charge in [0, 0.05) is 0 Å². The molecule has 4 aliphatic carbocycles. The fourth-order valence-electron chi connectivity index (χ4n) is 8.81. The lowest BCUT2D eigenvalue weighted by Crippen LogP contribution is -2.53.